The summed E-state index contributed by atoms with van der Waals surface area (Å²) in [7, 11) is 0. The molecule has 0 bridgehead atoms. The second kappa shape index (κ2) is 3.59. The van der Waals surface area contributed by atoms with E-state index < -0.39 is 0 Å². The van der Waals surface area contributed by atoms with E-state index in [9.17, 15) is 4.79 Å². The molecule has 0 saturated carbocycles. The third-order valence-electron chi connectivity index (χ3n) is 3.13. The van der Waals surface area contributed by atoms with Crippen LogP contribution in [-0.2, 0) is 4.79 Å². The molecule has 0 unspecified atom stereocenters. The van der Waals surface area contributed by atoms with E-state index in [0.717, 1.165) is 6.42 Å². The van der Waals surface area contributed by atoms with Crippen molar-refractivity contribution in [3.05, 3.63) is 0 Å². The van der Waals surface area contributed by atoms with Crippen molar-refractivity contribution >= 4 is 5.78 Å². The molecule has 1 heteroatoms. The topological polar surface area (TPSA) is 17.1 Å². The lowest BCUT2D eigenvalue weighted by atomic mass is 9.67. The predicted octanol–water partition coefficient (Wildman–Crippen LogP) is 3.43. The molecule has 1 nitrogen and oxygen atoms in total. The number of Topliss-reactive ketones (excluding diaryl/α,β-unsaturated/α-hetero) is 1. The van der Waals surface area contributed by atoms with Crippen LogP contribution in [0, 0.1) is 10.8 Å². The number of rotatable bonds is 3. The van der Waals surface area contributed by atoms with Crippen molar-refractivity contribution in [1.29, 1.82) is 0 Å². The summed E-state index contributed by atoms with van der Waals surface area (Å²) in [5, 5.41) is 0. The minimum Gasteiger partial charge on any atom is -0.300 e. The summed E-state index contributed by atoms with van der Waals surface area (Å²) in [6.45, 7) is 12.8. The second-order valence-electron chi connectivity index (χ2n) is 5.34. The maximum atomic E-state index is 10.8. The molecular weight excluding hydrogens is 148 g/mol. The highest BCUT2D eigenvalue weighted by Gasteiger charge is 2.32. The molecule has 72 valence electrons. The molecule has 0 saturated heterocycles. The predicted molar refractivity (Wildman–Crippen MR) is 53.2 cm³/mol. The number of hydrogen-bond donors (Lipinski definition) is 0. The van der Waals surface area contributed by atoms with Gasteiger partial charge in [0.2, 0.25) is 0 Å². The van der Waals surface area contributed by atoms with Gasteiger partial charge in [0.25, 0.3) is 0 Å². The molecule has 0 rings (SSSR count). The zero-order chi connectivity index (χ0) is 9.99. The highest BCUT2D eigenvalue weighted by Crippen LogP contribution is 2.41. The third-order valence-corrected chi connectivity index (χ3v) is 3.13. The van der Waals surface area contributed by atoms with Crippen molar-refractivity contribution in [2.24, 2.45) is 10.8 Å². The molecule has 0 aromatic carbocycles. The fourth-order valence-corrected chi connectivity index (χ4v) is 0.864. The van der Waals surface area contributed by atoms with Gasteiger partial charge in [-0.25, -0.2) is 0 Å². The molecule has 0 amide bonds. The van der Waals surface area contributed by atoms with Crippen molar-refractivity contribution in [3.8, 4) is 0 Å². The lowest BCUT2D eigenvalue weighted by Crippen LogP contribution is -2.29. The molecule has 0 aromatic heterocycles. The first-order valence-electron chi connectivity index (χ1n) is 4.66. The van der Waals surface area contributed by atoms with Gasteiger partial charge in [-0.1, -0.05) is 34.6 Å². The maximum absolute atomic E-state index is 10.8. The van der Waals surface area contributed by atoms with Gasteiger partial charge in [0.15, 0.2) is 0 Å². The number of carbonyl (C=O) groups excluding carboxylic acids is 1. The molecular formula is C11H22O. The van der Waals surface area contributed by atoms with Crippen LogP contribution in [0.1, 0.15) is 54.4 Å². The molecule has 0 fully saturated rings. The Hall–Kier alpha value is -0.330. The average molecular weight is 170 g/mol. The van der Waals surface area contributed by atoms with Gasteiger partial charge in [-0.15, -0.1) is 0 Å². The molecule has 0 radical (unpaired) electrons. The summed E-state index contributed by atoms with van der Waals surface area (Å²) in [5.74, 6) is 0.298. The first-order valence-corrected chi connectivity index (χ1v) is 4.66. The fourth-order valence-electron chi connectivity index (χ4n) is 0.864. The summed E-state index contributed by atoms with van der Waals surface area (Å²) in [6, 6.07) is 0. The van der Waals surface area contributed by atoms with E-state index in [4.69, 9.17) is 0 Å². The first-order chi connectivity index (χ1) is 5.17. The van der Waals surface area contributed by atoms with Crippen LogP contribution in [0.4, 0.5) is 0 Å². The Morgan fingerprint density at radius 2 is 1.50 bits per heavy atom. The van der Waals surface area contributed by atoms with Crippen molar-refractivity contribution in [1.82, 2.24) is 0 Å². The quantitative estimate of drug-likeness (QED) is 0.634. The Bertz CT molecular complexity index is 160. The number of ketones is 1. The van der Waals surface area contributed by atoms with Crippen LogP contribution in [0.25, 0.3) is 0 Å². The fraction of sp³-hybridized carbons (Fsp3) is 0.909. The SMILES string of the molecule is CC(=O)CCC(C)(C)C(C)(C)C. The lowest BCUT2D eigenvalue weighted by molar-refractivity contribution is -0.117. The first kappa shape index (κ1) is 11.7. The Kier molecular flexibility index (Phi) is 3.49. The standard InChI is InChI=1S/C11H22O/c1-9(12)7-8-11(5,6)10(2,3)4/h7-8H2,1-6H3. The highest BCUT2D eigenvalue weighted by atomic mass is 16.1. The van der Waals surface area contributed by atoms with E-state index in [1.54, 1.807) is 6.92 Å². The van der Waals surface area contributed by atoms with Gasteiger partial charge in [0, 0.05) is 6.42 Å². The monoisotopic (exact) mass is 170 g/mol. The Morgan fingerprint density at radius 3 is 1.75 bits per heavy atom. The summed E-state index contributed by atoms with van der Waals surface area (Å²) < 4.78 is 0. The van der Waals surface area contributed by atoms with Crippen LogP contribution in [0.3, 0.4) is 0 Å². The van der Waals surface area contributed by atoms with E-state index in [1.807, 2.05) is 0 Å². The highest BCUT2D eigenvalue weighted by molar-refractivity contribution is 5.75. The van der Waals surface area contributed by atoms with Crippen LogP contribution in [0.15, 0.2) is 0 Å². The van der Waals surface area contributed by atoms with Crippen molar-refractivity contribution in [2.45, 2.75) is 54.4 Å². The Labute approximate surface area is 76.6 Å². The van der Waals surface area contributed by atoms with Gasteiger partial charge in [0.1, 0.15) is 5.78 Å². The molecule has 0 aromatic rings. The molecule has 0 heterocycles. The summed E-state index contributed by atoms with van der Waals surface area (Å²) in [4.78, 5) is 10.8. The lowest BCUT2D eigenvalue weighted by Gasteiger charge is -2.38. The van der Waals surface area contributed by atoms with E-state index in [2.05, 4.69) is 34.6 Å². The van der Waals surface area contributed by atoms with Gasteiger partial charge in [-0.05, 0) is 24.2 Å². The van der Waals surface area contributed by atoms with E-state index >= 15 is 0 Å². The van der Waals surface area contributed by atoms with E-state index in [0.29, 0.717) is 12.2 Å². The Balaban J connectivity index is 4.14. The van der Waals surface area contributed by atoms with Gasteiger partial charge >= 0.3 is 0 Å². The summed E-state index contributed by atoms with van der Waals surface area (Å²) in [6.07, 6.45) is 1.70. The van der Waals surface area contributed by atoms with Crippen molar-refractivity contribution in [2.75, 3.05) is 0 Å². The summed E-state index contributed by atoms with van der Waals surface area (Å²) >= 11 is 0. The van der Waals surface area contributed by atoms with Crippen LogP contribution < -0.4 is 0 Å². The number of hydrogen-bond acceptors (Lipinski definition) is 1. The minimum atomic E-state index is 0.249. The van der Waals surface area contributed by atoms with Gasteiger partial charge < -0.3 is 4.79 Å². The third kappa shape index (κ3) is 3.38. The zero-order valence-corrected chi connectivity index (χ0v) is 9.32. The molecule has 12 heavy (non-hydrogen) atoms. The molecule has 0 N–H and O–H groups in total. The van der Waals surface area contributed by atoms with E-state index in [-0.39, 0.29) is 10.8 Å². The van der Waals surface area contributed by atoms with Crippen LogP contribution in [0.5, 0.6) is 0 Å². The zero-order valence-electron chi connectivity index (χ0n) is 9.32. The molecule has 0 aliphatic carbocycles. The minimum absolute atomic E-state index is 0.249. The number of carbonyl (C=O) groups is 1. The second-order valence-corrected chi connectivity index (χ2v) is 5.34. The summed E-state index contributed by atoms with van der Waals surface area (Å²) in [5.41, 5.74) is 0.529. The molecule has 0 aliphatic heterocycles. The molecule has 0 aliphatic rings. The largest absolute Gasteiger partial charge is 0.300 e. The van der Waals surface area contributed by atoms with Crippen LogP contribution in [-0.4, -0.2) is 5.78 Å². The molecule has 0 atom stereocenters. The maximum Gasteiger partial charge on any atom is 0.129 e. The Morgan fingerprint density at radius 1 is 1.08 bits per heavy atom. The van der Waals surface area contributed by atoms with Crippen molar-refractivity contribution in [3.63, 3.8) is 0 Å². The average Bonchev–Trinajstić information content (AvgIpc) is 1.81. The van der Waals surface area contributed by atoms with Gasteiger partial charge in [-0.3, -0.25) is 0 Å². The van der Waals surface area contributed by atoms with Crippen LogP contribution in [0.2, 0.25) is 0 Å². The smallest absolute Gasteiger partial charge is 0.129 e. The van der Waals surface area contributed by atoms with Gasteiger partial charge in [-0.2, -0.15) is 0 Å². The van der Waals surface area contributed by atoms with Gasteiger partial charge in [0.05, 0.1) is 0 Å². The van der Waals surface area contributed by atoms with Crippen molar-refractivity contribution < 1.29 is 4.79 Å². The normalized spacial score (nSPS) is 13.2. The molecule has 0 spiro atoms. The van der Waals surface area contributed by atoms with E-state index in [1.165, 1.54) is 0 Å². The van der Waals surface area contributed by atoms with Crippen LogP contribution >= 0.6 is 0 Å².